The second-order valence-corrected chi connectivity index (χ2v) is 9.71. The molecule has 0 saturated carbocycles. The van der Waals surface area contributed by atoms with Crippen LogP contribution in [0.2, 0.25) is 0 Å². The van der Waals surface area contributed by atoms with Crippen molar-refractivity contribution in [2.45, 2.75) is 37.2 Å². The fourth-order valence-electron chi connectivity index (χ4n) is 3.77. The first-order chi connectivity index (χ1) is 15.4. The minimum absolute atomic E-state index is 0.0420. The SMILES string of the molecule is O=[N+]([O-])c1cc(S(=O)(=O)N2CCCCC2)ccc1NCc1ccc(Cn2cccn2)cc1. The molecule has 0 atom stereocenters. The summed E-state index contributed by atoms with van der Waals surface area (Å²) in [7, 11) is -3.73. The van der Waals surface area contributed by atoms with Gasteiger partial charge >= 0.3 is 0 Å². The van der Waals surface area contributed by atoms with Crippen LogP contribution >= 0.6 is 0 Å². The summed E-state index contributed by atoms with van der Waals surface area (Å²) in [6, 6.07) is 13.8. The quantitative estimate of drug-likeness (QED) is 0.410. The first-order valence-corrected chi connectivity index (χ1v) is 12.0. The van der Waals surface area contributed by atoms with Crippen molar-refractivity contribution in [3.05, 3.63) is 82.2 Å². The number of nitro benzene ring substituents is 1. The Morgan fingerprint density at radius 3 is 2.41 bits per heavy atom. The lowest BCUT2D eigenvalue weighted by Gasteiger charge is -2.25. The van der Waals surface area contributed by atoms with Gasteiger partial charge in [-0.15, -0.1) is 0 Å². The molecule has 1 N–H and O–H groups in total. The summed E-state index contributed by atoms with van der Waals surface area (Å²) in [6.07, 6.45) is 6.24. The highest BCUT2D eigenvalue weighted by Crippen LogP contribution is 2.30. The van der Waals surface area contributed by atoms with E-state index in [0.29, 0.717) is 26.2 Å². The van der Waals surface area contributed by atoms with Crippen LogP contribution in [0.4, 0.5) is 11.4 Å². The van der Waals surface area contributed by atoms with Crippen LogP contribution in [-0.4, -0.2) is 40.5 Å². The van der Waals surface area contributed by atoms with Gasteiger partial charge in [0.2, 0.25) is 10.0 Å². The monoisotopic (exact) mass is 455 g/mol. The molecule has 2 heterocycles. The molecule has 0 unspecified atom stereocenters. The maximum atomic E-state index is 12.9. The molecule has 1 aliphatic heterocycles. The van der Waals surface area contributed by atoms with E-state index >= 15 is 0 Å². The molecule has 10 heteroatoms. The van der Waals surface area contributed by atoms with Crippen molar-refractivity contribution in [1.29, 1.82) is 0 Å². The molecule has 0 radical (unpaired) electrons. The second kappa shape index (κ2) is 9.49. The lowest BCUT2D eigenvalue weighted by Crippen LogP contribution is -2.35. The molecule has 9 nitrogen and oxygen atoms in total. The van der Waals surface area contributed by atoms with E-state index in [2.05, 4.69) is 10.4 Å². The largest absolute Gasteiger partial charge is 0.375 e. The van der Waals surface area contributed by atoms with E-state index in [9.17, 15) is 18.5 Å². The van der Waals surface area contributed by atoms with Crippen molar-refractivity contribution in [2.24, 2.45) is 0 Å². The number of anilines is 1. The molecule has 3 aromatic rings. The van der Waals surface area contributed by atoms with Gasteiger partial charge in [-0.3, -0.25) is 14.8 Å². The van der Waals surface area contributed by atoms with Gasteiger partial charge in [0.25, 0.3) is 5.69 Å². The van der Waals surface area contributed by atoms with Gasteiger partial charge in [-0.2, -0.15) is 9.40 Å². The van der Waals surface area contributed by atoms with E-state index in [0.717, 1.165) is 36.5 Å². The average Bonchev–Trinajstić information content (AvgIpc) is 3.32. The molecule has 168 valence electrons. The van der Waals surface area contributed by atoms with Gasteiger partial charge in [0, 0.05) is 38.1 Å². The number of benzene rings is 2. The van der Waals surface area contributed by atoms with Crippen LogP contribution in [0, 0.1) is 10.1 Å². The number of rotatable bonds is 8. The maximum Gasteiger partial charge on any atom is 0.293 e. The number of hydrogen-bond acceptors (Lipinski definition) is 6. The molecule has 2 aromatic carbocycles. The minimum Gasteiger partial charge on any atom is -0.375 e. The van der Waals surface area contributed by atoms with E-state index in [4.69, 9.17) is 0 Å². The molecule has 4 rings (SSSR count). The summed E-state index contributed by atoms with van der Waals surface area (Å²) < 4.78 is 29.0. The van der Waals surface area contributed by atoms with Crippen LogP contribution in [0.3, 0.4) is 0 Å². The number of nitrogens with one attached hydrogen (secondary N) is 1. The van der Waals surface area contributed by atoms with Crippen LogP contribution in [-0.2, 0) is 23.1 Å². The summed E-state index contributed by atoms with van der Waals surface area (Å²) in [4.78, 5) is 11.0. The summed E-state index contributed by atoms with van der Waals surface area (Å²) >= 11 is 0. The molecule has 1 aromatic heterocycles. The third-order valence-electron chi connectivity index (χ3n) is 5.53. The predicted molar refractivity (Wildman–Crippen MR) is 121 cm³/mol. The number of nitro groups is 1. The Hall–Kier alpha value is -3.24. The Morgan fingerprint density at radius 1 is 1.03 bits per heavy atom. The zero-order chi connectivity index (χ0) is 22.6. The van der Waals surface area contributed by atoms with Gasteiger partial charge in [0.05, 0.1) is 16.4 Å². The minimum atomic E-state index is -3.73. The van der Waals surface area contributed by atoms with Gasteiger partial charge < -0.3 is 5.32 Å². The lowest BCUT2D eigenvalue weighted by atomic mass is 10.1. The number of nitrogens with zero attached hydrogens (tertiary/aromatic N) is 4. The Bertz CT molecular complexity index is 1170. The van der Waals surface area contributed by atoms with Crippen LogP contribution < -0.4 is 5.32 Å². The molecule has 1 fully saturated rings. The fourth-order valence-corrected chi connectivity index (χ4v) is 5.31. The van der Waals surface area contributed by atoms with E-state index in [1.165, 1.54) is 16.4 Å². The topological polar surface area (TPSA) is 110 Å². The third kappa shape index (κ3) is 4.97. The number of piperidine rings is 1. The summed E-state index contributed by atoms with van der Waals surface area (Å²) in [5, 5.41) is 18.9. The van der Waals surface area contributed by atoms with Crippen molar-refractivity contribution in [3.63, 3.8) is 0 Å². The number of aromatic nitrogens is 2. The maximum absolute atomic E-state index is 12.9. The molecule has 0 bridgehead atoms. The van der Waals surface area contributed by atoms with Gasteiger partial charge in [-0.1, -0.05) is 30.7 Å². The van der Waals surface area contributed by atoms with E-state index in [1.54, 1.807) is 6.20 Å². The molecule has 0 amide bonds. The molecule has 0 spiro atoms. The highest BCUT2D eigenvalue weighted by molar-refractivity contribution is 7.89. The number of sulfonamides is 1. The van der Waals surface area contributed by atoms with Gasteiger partial charge in [-0.05, 0) is 42.2 Å². The molecular formula is C22H25N5O4S. The molecule has 32 heavy (non-hydrogen) atoms. The molecule has 0 aliphatic carbocycles. The Labute approximate surface area is 186 Å². The fraction of sp³-hybridized carbons (Fsp3) is 0.318. The van der Waals surface area contributed by atoms with Crippen LogP contribution in [0.1, 0.15) is 30.4 Å². The highest BCUT2D eigenvalue weighted by atomic mass is 32.2. The average molecular weight is 456 g/mol. The normalized spacial score (nSPS) is 14.9. The first-order valence-electron chi connectivity index (χ1n) is 10.5. The van der Waals surface area contributed by atoms with Gasteiger partial charge in [0.15, 0.2) is 0 Å². The Kier molecular flexibility index (Phi) is 6.52. The van der Waals surface area contributed by atoms with Crippen molar-refractivity contribution < 1.29 is 13.3 Å². The standard InChI is InChI=1S/C22H25N5O4S/c28-27(29)22-15-20(32(30,31)26-13-2-1-3-14-26)9-10-21(22)23-16-18-5-7-19(8-6-18)17-25-12-4-11-24-25/h4-12,15,23H,1-3,13-14,16-17H2. The van der Waals surface area contributed by atoms with Crippen LogP contribution in [0.25, 0.3) is 0 Å². The van der Waals surface area contributed by atoms with E-state index in [-0.39, 0.29) is 16.3 Å². The summed E-state index contributed by atoms with van der Waals surface area (Å²) in [6.45, 7) is 1.94. The third-order valence-corrected chi connectivity index (χ3v) is 7.42. The zero-order valence-corrected chi connectivity index (χ0v) is 18.4. The van der Waals surface area contributed by atoms with Crippen molar-refractivity contribution >= 4 is 21.4 Å². The number of hydrogen-bond donors (Lipinski definition) is 1. The summed E-state index contributed by atoms with van der Waals surface area (Å²) in [5.41, 5.74) is 2.08. The van der Waals surface area contributed by atoms with Crippen LogP contribution in [0.15, 0.2) is 65.8 Å². The van der Waals surface area contributed by atoms with Gasteiger partial charge in [0.1, 0.15) is 5.69 Å². The first kappa shape index (κ1) is 22.0. The predicted octanol–water partition coefficient (Wildman–Crippen LogP) is 3.63. The Balaban J connectivity index is 1.47. The van der Waals surface area contributed by atoms with Crippen molar-refractivity contribution in [2.75, 3.05) is 18.4 Å². The van der Waals surface area contributed by atoms with Gasteiger partial charge in [-0.25, -0.2) is 8.42 Å². The summed E-state index contributed by atoms with van der Waals surface area (Å²) in [5.74, 6) is 0. The zero-order valence-electron chi connectivity index (χ0n) is 17.6. The highest BCUT2D eigenvalue weighted by Gasteiger charge is 2.28. The van der Waals surface area contributed by atoms with E-state index in [1.807, 2.05) is 41.2 Å². The van der Waals surface area contributed by atoms with E-state index < -0.39 is 14.9 Å². The van der Waals surface area contributed by atoms with Crippen molar-refractivity contribution in [1.82, 2.24) is 14.1 Å². The molecule has 1 aliphatic rings. The smallest absolute Gasteiger partial charge is 0.293 e. The van der Waals surface area contributed by atoms with Crippen LogP contribution in [0.5, 0.6) is 0 Å². The lowest BCUT2D eigenvalue weighted by molar-refractivity contribution is -0.384. The molecule has 1 saturated heterocycles. The Morgan fingerprint density at radius 2 is 1.75 bits per heavy atom. The van der Waals surface area contributed by atoms with Crippen molar-refractivity contribution in [3.8, 4) is 0 Å². The molecular weight excluding hydrogens is 430 g/mol. The second-order valence-electron chi connectivity index (χ2n) is 7.77.